The van der Waals surface area contributed by atoms with Gasteiger partial charge in [0.25, 0.3) is 0 Å². The molecule has 18 heavy (non-hydrogen) atoms. The maximum absolute atomic E-state index is 6.29. The Kier molecular flexibility index (Phi) is 3.23. The molecule has 0 saturated carbocycles. The Hall–Kier alpha value is -1.49. The molecule has 4 nitrogen and oxygen atoms in total. The highest BCUT2D eigenvalue weighted by Crippen LogP contribution is 2.25. The third-order valence-electron chi connectivity index (χ3n) is 3.27. The molecule has 4 heteroatoms. The minimum atomic E-state index is -0.205. The number of fused-ring (bicyclic) bond motifs is 1. The smallest absolute Gasteiger partial charge is 0.100 e. The van der Waals surface area contributed by atoms with Crippen LogP contribution in [0.1, 0.15) is 11.6 Å². The van der Waals surface area contributed by atoms with Crippen molar-refractivity contribution in [2.75, 3.05) is 19.8 Å². The highest BCUT2D eigenvalue weighted by molar-refractivity contribution is 5.82. The fourth-order valence-electron chi connectivity index (χ4n) is 2.31. The second kappa shape index (κ2) is 5.02. The molecule has 1 fully saturated rings. The molecule has 0 amide bonds. The number of pyridine rings is 1. The van der Waals surface area contributed by atoms with Crippen LogP contribution in [-0.4, -0.2) is 30.9 Å². The largest absolute Gasteiger partial charge is 0.376 e. The Bertz CT molecular complexity index is 533. The minimum absolute atomic E-state index is 0.0913. The summed E-state index contributed by atoms with van der Waals surface area (Å²) in [5, 5.41) is 1.10. The van der Waals surface area contributed by atoms with Crippen LogP contribution in [0.25, 0.3) is 10.9 Å². The van der Waals surface area contributed by atoms with E-state index in [2.05, 4.69) is 4.98 Å². The van der Waals surface area contributed by atoms with Gasteiger partial charge < -0.3 is 15.2 Å². The first-order valence-electron chi connectivity index (χ1n) is 6.15. The normalized spacial score (nSPS) is 21.9. The van der Waals surface area contributed by atoms with Crippen molar-refractivity contribution >= 4 is 10.9 Å². The summed E-state index contributed by atoms with van der Waals surface area (Å²) >= 11 is 0. The standard InChI is InChI=1S/C14H16N2O2/c15-13(12-9-17-7-8-18-12)11-5-1-3-10-4-2-6-16-14(10)11/h1-6,12-13H,7-9,15H2. The maximum Gasteiger partial charge on any atom is 0.100 e. The quantitative estimate of drug-likeness (QED) is 0.872. The van der Waals surface area contributed by atoms with Gasteiger partial charge in [-0.2, -0.15) is 0 Å². The number of aromatic nitrogens is 1. The first-order chi connectivity index (χ1) is 8.86. The second-order valence-corrected chi connectivity index (χ2v) is 4.43. The van der Waals surface area contributed by atoms with Gasteiger partial charge in [0.15, 0.2) is 0 Å². The predicted molar refractivity (Wildman–Crippen MR) is 69.2 cm³/mol. The molecule has 2 aromatic rings. The zero-order chi connectivity index (χ0) is 12.4. The van der Waals surface area contributed by atoms with E-state index in [0.717, 1.165) is 16.5 Å². The van der Waals surface area contributed by atoms with Crippen LogP contribution in [0.15, 0.2) is 36.5 Å². The number of rotatable bonds is 2. The molecule has 1 saturated heterocycles. The van der Waals surface area contributed by atoms with E-state index in [-0.39, 0.29) is 12.1 Å². The van der Waals surface area contributed by atoms with E-state index in [1.165, 1.54) is 0 Å². The fraction of sp³-hybridized carbons (Fsp3) is 0.357. The number of hydrogen-bond donors (Lipinski definition) is 1. The lowest BCUT2D eigenvalue weighted by Crippen LogP contribution is -2.37. The van der Waals surface area contributed by atoms with Crippen LogP contribution in [0.5, 0.6) is 0 Å². The average molecular weight is 244 g/mol. The Balaban J connectivity index is 1.97. The van der Waals surface area contributed by atoms with E-state index in [9.17, 15) is 0 Å². The lowest BCUT2D eigenvalue weighted by atomic mass is 9.99. The van der Waals surface area contributed by atoms with Crippen molar-refractivity contribution in [1.29, 1.82) is 0 Å². The number of benzene rings is 1. The summed E-state index contributed by atoms with van der Waals surface area (Å²) in [4.78, 5) is 4.42. The third-order valence-corrected chi connectivity index (χ3v) is 3.27. The second-order valence-electron chi connectivity index (χ2n) is 4.43. The van der Waals surface area contributed by atoms with E-state index in [4.69, 9.17) is 15.2 Å². The zero-order valence-corrected chi connectivity index (χ0v) is 10.1. The first-order valence-corrected chi connectivity index (χ1v) is 6.15. The van der Waals surface area contributed by atoms with E-state index >= 15 is 0 Å². The molecular weight excluding hydrogens is 228 g/mol. The first kappa shape index (κ1) is 11.6. The topological polar surface area (TPSA) is 57.4 Å². The number of hydrogen-bond acceptors (Lipinski definition) is 4. The molecule has 2 heterocycles. The van der Waals surface area contributed by atoms with Crippen molar-refractivity contribution < 1.29 is 9.47 Å². The summed E-state index contributed by atoms with van der Waals surface area (Å²) in [6.07, 6.45) is 1.70. The van der Waals surface area contributed by atoms with Crippen LogP contribution in [-0.2, 0) is 9.47 Å². The van der Waals surface area contributed by atoms with Crippen molar-refractivity contribution in [3.63, 3.8) is 0 Å². The van der Waals surface area contributed by atoms with Crippen molar-refractivity contribution in [1.82, 2.24) is 4.98 Å². The van der Waals surface area contributed by atoms with Crippen LogP contribution < -0.4 is 5.73 Å². The van der Waals surface area contributed by atoms with Gasteiger partial charge in [-0.1, -0.05) is 24.3 Å². The predicted octanol–water partition coefficient (Wildman–Crippen LogP) is 1.65. The Morgan fingerprint density at radius 3 is 2.94 bits per heavy atom. The number of ether oxygens (including phenoxy) is 2. The molecule has 2 unspecified atom stereocenters. The van der Waals surface area contributed by atoms with Crippen LogP contribution in [0, 0.1) is 0 Å². The number of nitrogens with zero attached hydrogens (tertiary/aromatic N) is 1. The van der Waals surface area contributed by atoms with Gasteiger partial charge in [-0.05, 0) is 11.6 Å². The molecule has 2 atom stereocenters. The van der Waals surface area contributed by atoms with Gasteiger partial charge in [0.1, 0.15) is 6.10 Å². The molecular formula is C14H16N2O2. The van der Waals surface area contributed by atoms with Crippen LogP contribution >= 0.6 is 0 Å². The summed E-state index contributed by atoms with van der Waals surface area (Å²) in [5.41, 5.74) is 8.25. The van der Waals surface area contributed by atoms with E-state index in [0.29, 0.717) is 19.8 Å². The average Bonchev–Trinajstić information content (AvgIpc) is 2.47. The lowest BCUT2D eigenvalue weighted by molar-refractivity contribution is -0.0974. The summed E-state index contributed by atoms with van der Waals surface area (Å²) in [6, 6.07) is 9.82. The van der Waals surface area contributed by atoms with Gasteiger partial charge in [-0.25, -0.2) is 0 Å². The van der Waals surface area contributed by atoms with E-state index in [1.54, 1.807) is 6.20 Å². The van der Waals surface area contributed by atoms with Gasteiger partial charge in [0.05, 0.1) is 31.4 Å². The van der Waals surface area contributed by atoms with Crippen LogP contribution in [0.2, 0.25) is 0 Å². The van der Waals surface area contributed by atoms with E-state index < -0.39 is 0 Å². The molecule has 94 valence electrons. The van der Waals surface area contributed by atoms with Crippen molar-refractivity contribution in [2.45, 2.75) is 12.1 Å². The Morgan fingerprint density at radius 2 is 2.11 bits per heavy atom. The van der Waals surface area contributed by atoms with Gasteiger partial charge in [-0.3, -0.25) is 4.98 Å². The maximum atomic E-state index is 6.29. The van der Waals surface area contributed by atoms with Crippen molar-refractivity contribution in [2.24, 2.45) is 5.73 Å². The number of para-hydroxylation sites is 1. The third kappa shape index (κ3) is 2.10. The summed E-state index contributed by atoms with van der Waals surface area (Å²) in [5.74, 6) is 0. The fourth-order valence-corrected chi connectivity index (χ4v) is 2.31. The van der Waals surface area contributed by atoms with Crippen molar-refractivity contribution in [3.05, 3.63) is 42.1 Å². The molecule has 1 aromatic carbocycles. The molecule has 0 radical (unpaired) electrons. The lowest BCUT2D eigenvalue weighted by Gasteiger charge is -2.28. The Labute approximate surface area is 106 Å². The van der Waals surface area contributed by atoms with Crippen molar-refractivity contribution in [3.8, 4) is 0 Å². The highest BCUT2D eigenvalue weighted by atomic mass is 16.6. The number of nitrogens with two attached hydrogens (primary N) is 1. The Morgan fingerprint density at radius 1 is 1.22 bits per heavy atom. The molecule has 0 aliphatic carbocycles. The molecule has 1 aliphatic heterocycles. The molecule has 0 bridgehead atoms. The summed E-state index contributed by atoms with van der Waals surface area (Å²) in [7, 11) is 0. The van der Waals surface area contributed by atoms with Gasteiger partial charge >= 0.3 is 0 Å². The SMILES string of the molecule is NC(c1cccc2cccnc12)C1COCCO1. The van der Waals surface area contributed by atoms with Gasteiger partial charge in [0.2, 0.25) is 0 Å². The highest BCUT2D eigenvalue weighted by Gasteiger charge is 2.24. The monoisotopic (exact) mass is 244 g/mol. The van der Waals surface area contributed by atoms with Crippen LogP contribution in [0.4, 0.5) is 0 Å². The molecule has 0 spiro atoms. The molecule has 2 N–H and O–H groups in total. The molecule has 1 aliphatic rings. The molecule has 3 rings (SSSR count). The van der Waals surface area contributed by atoms with Crippen LogP contribution in [0.3, 0.4) is 0 Å². The van der Waals surface area contributed by atoms with E-state index in [1.807, 2.05) is 30.3 Å². The molecule has 1 aromatic heterocycles. The zero-order valence-electron chi connectivity index (χ0n) is 10.1. The van der Waals surface area contributed by atoms with Gasteiger partial charge in [0, 0.05) is 11.6 Å². The summed E-state index contributed by atoms with van der Waals surface area (Å²) < 4.78 is 11.1. The summed E-state index contributed by atoms with van der Waals surface area (Å²) in [6.45, 7) is 1.80. The van der Waals surface area contributed by atoms with Gasteiger partial charge in [-0.15, -0.1) is 0 Å². The minimum Gasteiger partial charge on any atom is -0.376 e.